The molecular weight excluding hydrogens is 459 g/mol. The van der Waals surface area contributed by atoms with E-state index in [-0.39, 0.29) is 19.0 Å². The highest BCUT2D eigenvalue weighted by atomic mass is 32.1. The molecule has 0 saturated heterocycles. The number of Topliss-reactive ketones (excluding diaryl/α,β-unsaturated/α-hetero) is 1. The Balaban J connectivity index is 1.66. The largest absolute Gasteiger partial charge is 0.351 e. The highest BCUT2D eigenvalue weighted by molar-refractivity contribution is 7.12. The molecule has 0 saturated carbocycles. The fraction of sp³-hybridized carbons (Fsp3) is 0.375. The zero-order valence-electron chi connectivity index (χ0n) is 19.3. The molecule has 0 aliphatic carbocycles. The summed E-state index contributed by atoms with van der Waals surface area (Å²) in [7, 11) is 0. The average Bonchev–Trinajstić information content (AvgIpc) is 3.33. The van der Waals surface area contributed by atoms with E-state index in [0.29, 0.717) is 29.2 Å². The molecule has 3 amide bonds. The maximum Gasteiger partial charge on any atom is 0.298 e. The maximum absolute atomic E-state index is 13.1. The summed E-state index contributed by atoms with van der Waals surface area (Å²) < 4.78 is 13.1. The molecule has 34 heavy (non-hydrogen) atoms. The second kappa shape index (κ2) is 10.7. The summed E-state index contributed by atoms with van der Waals surface area (Å²) in [5.41, 5.74) is 0.0436. The Kier molecular flexibility index (Phi) is 7.93. The minimum absolute atomic E-state index is 0.0745. The summed E-state index contributed by atoms with van der Waals surface area (Å²) in [6, 6.07) is 7.62. The number of ketones is 1. The molecule has 8 nitrogen and oxygen atoms in total. The van der Waals surface area contributed by atoms with Crippen molar-refractivity contribution in [3.8, 4) is 0 Å². The number of hydrogen-bond donors (Lipinski definition) is 2. The fourth-order valence-electron chi connectivity index (χ4n) is 3.40. The highest BCUT2D eigenvalue weighted by Gasteiger charge is 2.43. The first kappa shape index (κ1) is 25.2. The normalized spacial score (nSPS) is 16.3. The van der Waals surface area contributed by atoms with Gasteiger partial charge in [0.2, 0.25) is 0 Å². The molecule has 2 aromatic rings. The summed E-state index contributed by atoms with van der Waals surface area (Å²) in [6.45, 7) is 6.09. The number of aliphatic imine (C=N–C) groups is 1. The number of nitrogens with zero attached hydrogens (tertiary/aromatic N) is 2. The van der Waals surface area contributed by atoms with Gasteiger partial charge in [-0.2, -0.15) is 0 Å². The average molecular weight is 487 g/mol. The Bertz CT molecular complexity index is 1090. The van der Waals surface area contributed by atoms with Crippen molar-refractivity contribution in [2.24, 2.45) is 10.4 Å². The van der Waals surface area contributed by atoms with Gasteiger partial charge in [0, 0.05) is 25.0 Å². The zero-order chi connectivity index (χ0) is 24.9. The van der Waals surface area contributed by atoms with E-state index < -0.39 is 34.9 Å². The number of carbonyl (C=O) groups is 4. The highest BCUT2D eigenvalue weighted by Crippen LogP contribution is 2.24. The molecule has 1 aromatic heterocycles. The zero-order valence-corrected chi connectivity index (χ0v) is 20.1. The van der Waals surface area contributed by atoms with E-state index in [9.17, 15) is 23.6 Å². The summed E-state index contributed by atoms with van der Waals surface area (Å²) in [5, 5.41) is 7.20. The van der Waals surface area contributed by atoms with Crippen molar-refractivity contribution in [1.82, 2.24) is 15.5 Å². The van der Waals surface area contributed by atoms with Crippen LogP contribution in [0.5, 0.6) is 0 Å². The summed E-state index contributed by atoms with van der Waals surface area (Å²) in [6.07, 6.45) is 0.409. The Morgan fingerprint density at radius 3 is 2.44 bits per heavy atom. The first-order valence-electron chi connectivity index (χ1n) is 10.9. The fourth-order valence-corrected chi connectivity index (χ4v) is 4.04. The smallest absolute Gasteiger partial charge is 0.298 e. The molecule has 1 atom stereocenters. The van der Waals surface area contributed by atoms with Crippen molar-refractivity contribution in [2.75, 3.05) is 13.1 Å². The van der Waals surface area contributed by atoms with E-state index in [0.717, 1.165) is 0 Å². The van der Waals surface area contributed by atoms with Crippen LogP contribution in [0.4, 0.5) is 4.39 Å². The summed E-state index contributed by atoms with van der Waals surface area (Å²) in [4.78, 5) is 56.7. The Hall–Kier alpha value is -3.40. The molecule has 180 valence electrons. The van der Waals surface area contributed by atoms with Crippen molar-refractivity contribution in [2.45, 2.75) is 39.8 Å². The number of halogens is 1. The number of rotatable bonds is 8. The van der Waals surface area contributed by atoms with Gasteiger partial charge in [-0.05, 0) is 35.6 Å². The molecule has 1 unspecified atom stereocenters. The van der Waals surface area contributed by atoms with E-state index in [1.807, 2.05) is 26.2 Å². The summed E-state index contributed by atoms with van der Waals surface area (Å²) >= 11 is 1.33. The van der Waals surface area contributed by atoms with Crippen molar-refractivity contribution >= 4 is 40.7 Å². The molecule has 0 bridgehead atoms. The van der Waals surface area contributed by atoms with Gasteiger partial charge >= 0.3 is 0 Å². The van der Waals surface area contributed by atoms with Gasteiger partial charge < -0.3 is 10.6 Å². The first-order chi connectivity index (χ1) is 16.1. The van der Waals surface area contributed by atoms with Gasteiger partial charge in [-0.3, -0.25) is 24.1 Å². The Morgan fingerprint density at radius 1 is 1.12 bits per heavy atom. The van der Waals surface area contributed by atoms with Crippen molar-refractivity contribution in [3.63, 3.8) is 0 Å². The molecule has 1 aliphatic rings. The first-order valence-corrected chi connectivity index (χ1v) is 11.7. The topological polar surface area (TPSA) is 108 Å². The van der Waals surface area contributed by atoms with Crippen LogP contribution in [0.25, 0.3) is 0 Å². The minimum Gasteiger partial charge on any atom is -0.351 e. The van der Waals surface area contributed by atoms with Crippen LogP contribution in [0.1, 0.15) is 42.4 Å². The van der Waals surface area contributed by atoms with Crippen molar-refractivity contribution in [1.29, 1.82) is 0 Å². The second-order valence-corrected chi connectivity index (χ2v) is 9.81. The third kappa shape index (κ3) is 6.13. The van der Waals surface area contributed by atoms with Crippen LogP contribution in [0.3, 0.4) is 0 Å². The van der Waals surface area contributed by atoms with Crippen LogP contribution in [0, 0.1) is 11.2 Å². The number of amides is 3. The third-order valence-electron chi connectivity index (χ3n) is 5.10. The van der Waals surface area contributed by atoms with Gasteiger partial charge in [-0.1, -0.05) is 39.0 Å². The molecule has 1 aliphatic heterocycles. The van der Waals surface area contributed by atoms with Gasteiger partial charge in [-0.25, -0.2) is 9.38 Å². The van der Waals surface area contributed by atoms with Gasteiger partial charge in [0.25, 0.3) is 23.5 Å². The lowest BCUT2D eigenvalue weighted by Crippen LogP contribution is -2.57. The molecule has 2 heterocycles. The van der Waals surface area contributed by atoms with Crippen molar-refractivity contribution in [3.05, 3.63) is 58.0 Å². The quantitative estimate of drug-likeness (QED) is 0.340. The van der Waals surface area contributed by atoms with Gasteiger partial charge in [-0.15, -0.1) is 11.3 Å². The van der Waals surface area contributed by atoms with Crippen LogP contribution in [0.15, 0.2) is 46.8 Å². The lowest BCUT2D eigenvalue weighted by atomic mass is 9.91. The van der Waals surface area contributed by atoms with E-state index in [2.05, 4.69) is 15.6 Å². The second-order valence-electron chi connectivity index (χ2n) is 8.86. The molecule has 10 heteroatoms. The molecule has 2 N–H and O–H groups in total. The molecule has 0 radical (unpaired) electrons. The molecule has 3 rings (SSSR count). The number of nitrogens with one attached hydrogen (secondary N) is 2. The van der Waals surface area contributed by atoms with Crippen LogP contribution in [0.2, 0.25) is 0 Å². The number of thiophene rings is 1. The molecule has 1 aromatic carbocycles. The number of amidine groups is 1. The monoisotopic (exact) mass is 486 g/mol. The van der Waals surface area contributed by atoms with Crippen LogP contribution >= 0.6 is 11.3 Å². The number of carbonyl (C=O) groups excluding carboxylic acids is 4. The lowest BCUT2D eigenvalue weighted by Gasteiger charge is -2.36. The van der Waals surface area contributed by atoms with Crippen LogP contribution < -0.4 is 10.6 Å². The minimum atomic E-state index is -1.48. The van der Waals surface area contributed by atoms with E-state index in [1.165, 1.54) is 40.5 Å². The molecular formula is C24H27FN4O4S. The van der Waals surface area contributed by atoms with Gasteiger partial charge in [0.05, 0.1) is 4.88 Å². The third-order valence-corrected chi connectivity index (χ3v) is 5.97. The van der Waals surface area contributed by atoms with Gasteiger partial charge in [0.15, 0.2) is 6.04 Å². The predicted molar refractivity (Wildman–Crippen MR) is 127 cm³/mol. The summed E-state index contributed by atoms with van der Waals surface area (Å²) in [5.74, 6) is -2.65. The maximum atomic E-state index is 13.1. The standard InChI is InChI=1S/C24H27FN4O4S/c1-24(2,3)23-28-18(21(32)27-14-15-7-9-16(25)10-8-15)19(30)22(33)29(23)12-5-11-26-20(31)17-6-4-13-34-17/h4,6-10,13,18H,5,11-12,14H2,1-3H3,(H,26,31)(H,27,32). The molecule has 0 spiro atoms. The number of benzene rings is 1. The van der Waals surface area contributed by atoms with Gasteiger partial charge in [0.1, 0.15) is 11.7 Å². The number of hydrogen-bond acceptors (Lipinski definition) is 6. The van der Waals surface area contributed by atoms with Crippen LogP contribution in [-0.4, -0.2) is 53.4 Å². The Labute approximate surface area is 201 Å². The van der Waals surface area contributed by atoms with E-state index in [1.54, 1.807) is 12.1 Å². The molecule has 0 fully saturated rings. The SMILES string of the molecule is CC(C)(C)C1=NC(C(=O)NCc2ccc(F)cc2)C(=O)C(=O)N1CCCNC(=O)c1cccs1. The van der Waals surface area contributed by atoms with Crippen molar-refractivity contribution < 1.29 is 23.6 Å². The lowest BCUT2D eigenvalue weighted by molar-refractivity contribution is -0.146. The predicted octanol–water partition coefficient (Wildman–Crippen LogP) is 2.55. The van der Waals surface area contributed by atoms with Crippen LogP contribution in [-0.2, 0) is 20.9 Å². The van der Waals surface area contributed by atoms with E-state index >= 15 is 0 Å². The Morgan fingerprint density at radius 2 is 1.82 bits per heavy atom. The van der Waals surface area contributed by atoms with E-state index in [4.69, 9.17) is 0 Å².